The third-order valence-electron chi connectivity index (χ3n) is 4.95. The largest absolute Gasteiger partial charge is 0.490 e. The van der Waals surface area contributed by atoms with E-state index in [4.69, 9.17) is 9.47 Å². The van der Waals surface area contributed by atoms with Crippen molar-refractivity contribution in [2.45, 2.75) is 25.2 Å². The second kappa shape index (κ2) is 8.90. The van der Waals surface area contributed by atoms with Gasteiger partial charge in [0, 0.05) is 0 Å². The maximum atomic E-state index is 13.5. The summed E-state index contributed by atoms with van der Waals surface area (Å²) >= 11 is 0. The summed E-state index contributed by atoms with van der Waals surface area (Å²) in [4.78, 5) is 0. The van der Waals surface area contributed by atoms with E-state index in [1.54, 1.807) is 24.3 Å². The Balaban J connectivity index is 1.65. The molecule has 0 radical (unpaired) electrons. The fraction of sp³-hybridized carbons (Fsp3) is 0.250. The summed E-state index contributed by atoms with van der Waals surface area (Å²) in [7, 11) is -3.68. The Morgan fingerprint density at radius 1 is 0.967 bits per heavy atom. The summed E-state index contributed by atoms with van der Waals surface area (Å²) in [6.07, 6.45) is 0.961. The van der Waals surface area contributed by atoms with Gasteiger partial charge in [-0.3, -0.25) is 0 Å². The van der Waals surface area contributed by atoms with Gasteiger partial charge < -0.3 is 9.47 Å². The molecular formula is C24H25NO4S. The first kappa shape index (κ1) is 20.4. The van der Waals surface area contributed by atoms with E-state index in [0.29, 0.717) is 23.5 Å². The topological polar surface area (TPSA) is 59.1 Å². The average Bonchev–Trinajstić information content (AvgIpc) is 3.58. The highest BCUT2D eigenvalue weighted by Gasteiger charge is 2.26. The average molecular weight is 424 g/mol. The van der Waals surface area contributed by atoms with Crippen molar-refractivity contribution in [1.29, 1.82) is 0 Å². The van der Waals surface area contributed by atoms with Gasteiger partial charge in [0.25, 0.3) is 0 Å². The van der Waals surface area contributed by atoms with Gasteiger partial charge >= 0.3 is 0 Å². The second-order valence-electron chi connectivity index (χ2n) is 7.25. The van der Waals surface area contributed by atoms with Gasteiger partial charge in [0.15, 0.2) is 0 Å². The lowest BCUT2D eigenvalue weighted by atomic mass is 10.1. The van der Waals surface area contributed by atoms with Crippen LogP contribution in [0.4, 0.5) is 11.4 Å². The van der Waals surface area contributed by atoms with Gasteiger partial charge in [-0.1, -0.05) is 55.5 Å². The summed E-state index contributed by atoms with van der Waals surface area (Å²) < 4.78 is 39.5. The molecule has 0 aromatic heterocycles. The summed E-state index contributed by atoms with van der Waals surface area (Å²) in [6.45, 7) is 3.26. The first-order valence-corrected chi connectivity index (χ1v) is 11.7. The molecule has 0 spiro atoms. The number of anilines is 2. The van der Waals surface area contributed by atoms with Crippen molar-refractivity contribution in [3.8, 4) is 5.75 Å². The Kier molecular flexibility index (Phi) is 6.06. The first-order valence-electron chi connectivity index (χ1n) is 10.1. The predicted octanol–water partition coefficient (Wildman–Crippen LogP) is 4.69. The zero-order valence-electron chi connectivity index (χ0n) is 16.9. The molecule has 1 unspecified atom stereocenters. The molecule has 1 aliphatic rings. The van der Waals surface area contributed by atoms with Gasteiger partial charge in [0.1, 0.15) is 18.5 Å². The van der Waals surface area contributed by atoms with Crippen LogP contribution in [0.3, 0.4) is 0 Å². The number of sulfonamides is 1. The van der Waals surface area contributed by atoms with Crippen molar-refractivity contribution in [1.82, 2.24) is 0 Å². The molecule has 4 rings (SSSR count). The Morgan fingerprint density at radius 2 is 1.57 bits per heavy atom. The third kappa shape index (κ3) is 4.83. The van der Waals surface area contributed by atoms with Crippen LogP contribution < -0.4 is 9.04 Å². The van der Waals surface area contributed by atoms with Crippen LogP contribution in [0.5, 0.6) is 5.75 Å². The highest BCUT2D eigenvalue weighted by molar-refractivity contribution is 7.92. The molecule has 1 saturated heterocycles. The Morgan fingerprint density at radius 3 is 2.10 bits per heavy atom. The van der Waals surface area contributed by atoms with Gasteiger partial charge in [0.2, 0.25) is 10.0 Å². The molecule has 1 heterocycles. The molecule has 156 valence electrons. The van der Waals surface area contributed by atoms with Crippen LogP contribution in [-0.4, -0.2) is 27.7 Å². The highest BCUT2D eigenvalue weighted by atomic mass is 32.2. The first-order chi connectivity index (χ1) is 14.6. The Hall–Kier alpha value is -2.83. The number of nitrogens with zero attached hydrogens (tertiary/aromatic N) is 1. The van der Waals surface area contributed by atoms with E-state index in [-0.39, 0.29) is 11.9 Å². The maximum absolute atomic E-state index is 13.5. The fourth-order valence-corrected chi connectivity index (χ4v) is 4.95. The molecule has 0 amide bonds. The molecule has 30 heavy (non-hydrogen) atoms. The molecule has 6 heteroatoms. The molecule has 1 fully saturated rings. The molecule has 5 nitrogen and oxygen atoms in total. The van der Waals surface area contributed by atoms with Crippen LogP contribution in [0.1, 0.15) is 18.1 Å². The number of hydrogen-bond donors (Lipinski definition) is 0. The Labute approximate surface area is 177 Å². The molecule has 1 atom stereocenters. The smallest absolute Gasteiger partial charge is 0.243 e. The van der Waals surface area contributed by atoms with Gasteiger partial charge in [-0.05, 0) is 47.9 Å². The van der Waals surface area contributed by atoms with E-state index in [9.17, 15) is 8.42 Å². The van der Waals surface area contributed by atoms with E-state index in [1.165, 1.54) is 4.31 Å². The van der Waals surface area contributed by atoms with Gasteiger partial charge in [-0.2, -0.15) is 0 Å². The molecule has 1 aliphatic heterocycles. The molecule has 3 aromatic carbocycles. The number of rotatable bonds is 9. The second-order valence-corrected chi connectivity index (χ2v) is 9.07. The molecule has 0 bridgehead atoms. The van der Waals surface area contributed by atoms with Gasteiger partial charge in [-0.15, -0.1) is 0 Å². The van der Waals surface area contributed by atoms with Crippen LogP contribution in [0.2, 0.25) is 0 Å². The fourth-order valence-electron chi connectivity index (χ4n) is 3.33. The summed E-state index contributed by atoms with van der Waals surface area (Å²) in [6, 6.07) is 23.9. The minimum absolute atomic E-state index is 0.128. The normalized spacial score (nSPS) is 15.6. The van der Waals surface area contributed by atoms with E-state index in [0.717, 1.165) is 24.3 Å². The van der Waals surface area contributed by atoms with Crippen LogP contribution in [-0.2, 0) is 26.9 Å². The molecule has 3 aromatic rings. The van der Waals surface area contributed by atoms with Crippen molar-refractivity contribution in [2.75, 3.05) is 17.5 Å². The van der Waals surface area contributed by atoms with Gasteiger partial charge in [-0.25, -0.2) is 12.7 Å². The number of aryl methyl sites for hydroxylation is 1. The molecule has 0 saturated carbocycles. The predicted molar refractivity (Wildman–Crippen MR) is 119 cm³/mol. The molecule has 0 aliphatic carbocycles. The third-order valence-corrected chi connectivity index (χ3v) is 6.62. The van der Waals surface area contributed by atoms with Crippen LogP contribution >= 0.6 is 0 Å². The monoisotopic (exact) mass is 423 g/mol. The minimum Gasteiger partial charge on any atom is -0.490 e. The van der Waals surface area contributed by atoms with Gasteiger partial charge in [0.05, 0.1) is 23.7 Å². The highest BCUT2D eigenvalue weighted by Crippen LogP contribution is 2.31. The van der Waals surface area contributed by atoms with Crippen LogP contribution in [0, 0.1) is 0 Å². The van der Waals surface area contributed by atoms with E-state index in [2.05, 4.69) is 6.92 Å². The van der Waals surface area contributed by atoms with E-state index in [1.807, 2.05) is 54.6 Å². The van der Waals surface area contributed by atoms with Crippen molar-refractivity contribution < 1.29 is 17.9 Å². The number of para-hydroxylation sites is 2. The van der Waals surface area contributed by atoms with E-state index < -0.39 is 10.0 Å². The lowest BCUT2D eigenvalue weighted by molar-refractivity contribution is 0.261. The quantitative estimate of drug-likeness (QED) is 0.468. The number of hydrogen-bond acceptors (Lipinski definition) is 4. The van der Waals surface area contributed by atoms with Crippen LogP contribution in [0.15, 0.2) is 78.9 Å². The van der Waals surface area contributed by atoms with Crippen molar-refractivity contribution >= 4 is 21.4 Å². The molecular weight excluding hydrogens is 398 g/mol. The maximum Gasteiger partial charge on any atom is 0.243 e. The van der Waals surface area contributed by atoms with Crippen molar-refractivity contribution in [3.05, 3.63) is 90.0 Å². The van der Waals surface area contributed by atoms with Crippen molar-refractivity contribution in [3.63, 3.8) is 0 Å². The summed E-state index contributed by atoms with van der Waals surface area (Å²) in [5.74, 6) is 0.600. The number of ether oxygens (including phenoxy) is 2. The van der Waals surface area contributed by atoms with E-state index >= 15 is 0 Å². The van der Waals surface area contributed by atoms with Crippen LogP contribution in [0.25, 0.3) is 0 Å². The number of epoxide rings is 1. The zero-order chi connectivity index (χ0) is 21.0. The summed E-state index contributed by atoms with van der Waals surface area (Å²) in [5, 5.41) is 0. The zero-order valence-corrected chi connectivity index (χ0v) is 17.7. The standard InChI is InChI=1S/C24H25NO4S/c1-2-20-14-13-19(15-24(20)29-17-23-16-28-23)18-30(26,27)25(21-9-5-3-6-10-21)22-11-7-4-8-12-22/h3-15,23H,2,16-18H2,1H3. The Bertz CT molecular complexity index is 1040. The minimum atomic E-state index is -3.68. The summed E-state index contributed by atoms with van der Waals surface area (Å²) in [5.41, 5.74) is 2.96. The number of benzene rings is 3. The molecule has 0 N–H and O–H groups in total. The lowest BCUT2D eigenvalue weighted by Gasteiger charge is -2.25. The SMILES string of the molecule is CCc1ccc(CS(=O)(=O)N(c2ccccc2)c2ccccc2)cc1OCC1CO1. The lowest BCUT2D eigenvalue weighted by Crippen LogP contribution is -2.27. The van der Waals surface area contributed by atoms with Crippen molar-refractivity contribution in [2.24, 2.45) is 0 Å².